The van der Waals surface area contributed by atoms with Crippen LogP contribution in [0.15, 0.2) is 47.4 Å². The van der Waals surface area contributed by atoms with Gasteiger partial charge in [-0.05, 0) is 67.9 Å². The van der Waals surface area contributed by atoms with Gasteiger partial charge in [0, 0.05) is 32.6 Å². The van der Waals surface area contributed by atoms with E-state index in [0.29, 0.717) is 29.4 Å². The summed E-state index contributed by atoms with van der Waals surface area (Å²) in [4.78, 5) is 11.5. The number of nitrogens with one attached hydrogen (secondary N) is 2. The first-order valence-corrected chi connectivity index (χ1v) is 13.6. The van der Waals surface area contributed by atoms with Crippen LogP contribution in [0, 0.1) is 11.8 Å². The molecule has 7 nitrogen and oxygen atoms in total. The summed E-state index contributed by atoms with van der Waals surface area (Å²) in [6, 6.07) is 12.4. The largest absolute Gasteiger partial charge is 0.362 e. The molecule has 3 aromatic rings. The molecule has 1 heterocycles. The van der Waals surface area contributed by atoms with E-state index in [0.717, 1.165) is 48.9 Å². The predicted octanol–water partition coefficient (Wildman–Crippen LogP) is 5.20. The molecule has 0 unspecified atom stereocenters. The minimum atomic E-state index is -3.61. The summed E-state index contributed by atoms with van der Waals surface area (Å²) in [5, 5.41) is 5.01. The van der Waals surface area contributed by atoms with Crippen molar-refractivity contribution in [1.29, 1.82) is 0 Å². The third kappa shape index (κ3) is 5.92. The van der Waals surface area contributed by atoms with Crippen molar-refractivity contribution in [1.82, 2.24) is 14.7 Å². The first-order chi connectivity index (χ1) is 16.2. The molecule has 4 rings (SSSR count). The number of para-hydroxylation sites is 1. The Balaban J connectivity index is 1.29. The van der Waals surface area contributed by atoms with E-state index in [-0.39, 0.29) is 9.92 Å². The summed E-state index contributed by atoms with van der Waals surface area (Å²) in [7, 11) is 0.350. The molecule has 0 atom stereocenters. The highest BCUT2D eigenvalue weighted by molar-refractivity contribution is 7.89. The molecule has 2 aromatic carbocycles. The second-order valence-corrected chi connectivity index (χ2v) is 11.6. The number of aromatic nitrogens is 2. The van der Waals surface area contributed by atoms with Gasteiger partial charge in [-0.15, -0.1) is 0 Å². The van der Waals surface area contributed by atoms with E-state index in [1.807, 2.05) is 43.3 Å². The molecule has 2 N–H and O–H groups in total. The summed E-state index contributed by atoms with van der Waals surface area (Å²) in [5.41, 5.74) is 0.918. The average Bonchev–Trinajstić information content (AvgIpc) is 2.83. The zero-order chi connectivity index (χ0) is 24.3. The molecule has 0 bridgehead atoms. The van der Waals surface area contributed by atoms with Gasteiger partial charge in [-0.25, -0.2) is 18.1 Å². The van der Waals surface area contributed by atoms with E-state index in [4.69, 9.17) is 28.2 Å². The van der Waals surface area contributed by atoms with Crippen molar-refractivity contribution >= 4 is 55.9 Å². The topological polar surface area (TPSA) is 87.2 Å². The van der Waals surface area contributed by atoms with Gasteiger partial charge >= 0.3 is 0 Å². The SMILES string of the molecule is CN(C)c1nc(NCC2CCC(CNS(=O)(=O)c3ccc(Cl)c(Cl)c3)CC2)nc2ccccc12. The maximum absolute atomic E-state index is 12.6. The van der Waals surface area contributed by atoms with Crippen molar-refractivity contribution < 1.29 is 8.42 Å². The van der Waals surface area contributed by atoms with Gasteiger partial charge in [-0.3, -0.25) is 0 Å². The molecule has 1 aromatic heterocycles. The Morgan fingerprint density at radius 3 is 2.29 bits per heavy atom. The van der Waals surface area contributed by atoms with Crippen LogP contribution < -0.4 is 14.9 Å². The number of fused-ring (bicyclic) bond motifs is 1. The van der Waals surface area contributed by atoms with Crippen molar-refractivity contribution in [2.75, 3.05) is 37.4 Å². The summed E-state index contributed by atoms with van der Waals surface area (Å²) in [6.07, 6.45) is 4.00. The molecule has 1 fully saturated rings. The molecule has 182 valence electrons. The van der Waals surface area contributed by atoms with Crippen LogP contribution >= 0.6 is 23.2 Å². The molecule has 0 amide bonds. The van der Waals surface area contributed by atoms with Gasteiger partial charge < -0.3 is 10.2 Å². The van der Waals surface area contributed by atoms with Gasteiger partial charge in [0.25, 0.3) is 0 Å². The zero-order valence-electron chi connectivity index (χ0n) is 19.3. The molecule has 10 heteroatoms. The summed E-state index contributed by atoms with van der Waals surface area (Å²) in [5.74, 6) is 2.34. The van der Waals surface area contributed by atoms with E-state index < -0.39 is 10.0 Å². The van der Waals surface area contributed by atoms with Crippen molar-refractivity contribution in [2.24, 2.45) is 11.8 Å². The number of halogens is 2. The van der Waals surface area contributed by atoms with Gasteiger partial charge in [-0.2, -0.15) is 4.98 Å². The van der Waals surface area contributed by atoms with Gasteiger partial charge in [-0.1, -0.05) is 35.3 Å². The fraction of sp³-hybridized carbons (Fsp3) is 0.417. The van der Waals surface area contributed by atoms with Crippen LogP contribution in [0.1, 0.15) is 25.7 Å². The first kappa shape index (κ1) is 25.0. The Labute approximate surface area is 210 Å². The molecule has 0 radical (unpaired) electrons. The second kappa shape index (κ2) is 10.6. The van der Waals surface area contributed by atoms with E-state index >= 15 is 0 Å². The number of rotatable bonds is 8. The number of nitrogens with zero attached hydrogens (tertiary/aromatic N) is 3. The van der Waals surface area contributed by atoms with Gasteiger partial charge in [0.2, 0.25) is 16.0 Å². The Morgan fingerprint density at radius 1 is 0.941 bits per heavy atom. The van der Waals surface area contributed by atoms with Gasteiger partial charge in [0.05, 0.1) is 20.5 Å². The quantitative estimate of drug-likeness (QED) is 0.423. The summed E-state index contributed by atoms with van der Waals surface area (Å²) < 4.78 is 27.9. The Bertz CT molecular complexity index is 1260. The van der Waals surface area contributed by atoms with Gasteiger partial charge in [0.1, 0.15) is 5.82 Å². The van der Waals surface area contributed by atoms with Crippen molar-refractivity contribution in [3.8, 4) is 0 Å². The minimum absolute atomic E-state index is 0.132. The molecule has 34 heavy (non-hydrogen) atoms. The van der Waals surface area contributed by atoms with Crippen LogP contribution in [0.3, 0.4) is 0 Å². The molecule has 1 saturated carbocycles. The van der Waals surface area contributed by atoms with Crippen LogP contribution in [-0.4, -0.2) is 45.6 Å². The number of hydrogen-bond acceptors (Lipinski definition) is 6. The predicted molar refractivity (Wildman–Crippen MR) is 139 cm³/mol. The van der Waals surface area contributed by atoms with Crippen molar-refractivity contribution in [3.63, 3.8) is 0 Å². The molecule has 1 aliphatic rings. The molecular weight excluding hydrogens is 493 g/mol. The lowest BCUT2D eigenvalue weighted by atomic mass is 9.82. The number of sulfonamides is 1. The lowest BCUT2D eigenvalue weighted by Gasteiger charge is -2.28. The highest BCUT2D eigenvalue weighted by Crippen LogP contribution is 2.30. The summed E-state index contributed by atoms with van der Waals surface area (Å²) in [6.45, 7) is 1.22. The van der Waals surface area contributed by atoms with Crippen LogP contribution in [-0.2, 0) is 10.0 Å². The van der Waals surface area contributed by atoms with E-state index in [2.05, 4.69) is 15.0 Å². The van der Waals surface area contributed by atoms with E-state index in [1.165, 1.54) is 18.2 Å². The number of hydrogen-bond donors (Lipinski definition) is 2. The van der Waals surface area contributed by atoms with Gasteiger partial charge in [0.15, 0.2) is 0 Å². The van der Waals surface area contributed by atoms with Crippen molar-refractivity contribution in [3.05, 3.63) is 52.5 Å². The average molecular weight is 523 g/mol. The maximum atomic E-state index is 12.6. The molecule has 0 aliphatic heterocycles. The Morgan fingerprint density at radius 2 is 1.62 bits per heavy atom. The maximum Gasteiger partial charge on any atom is 0.240 e. The second-order valence-electron chi connectivity index (χ2n) is 8.98. The lowest BCUT2D eigenvalue weighted by Crippen LogP contribution is -2.32. The zero-order valence-corrected chi connectivity index (χ0v) is 21.6. The van der Waals surface area contributed by atoms with Crippen LogP contribution in [0.2, 0.25) is 10.0 Å². The summed E-state index contributed by atoms with van der Waals surface area (Å²) >= 11 is 11.9. The van der Waals surface area contributed by atoms with E-state index in [1.54, 1.807) is 0 Å². The normalized spacial score (nSPS) is 18.7. The number of benzene rings is 2. The standard InChI is InChI=1S/C24H29Cl2N5O2S/c1-31(2)23-19-5-3-4-6-22(19)29-24(30-23)27-14-16-7-9-17(10-8-16)15-28-34(32,33)18-11-12-20(25)21(26)13-18/h3-6,11-13,16-17,28H,7-10,14-15H2,1-2H3,(H,27,29,30). The molecule has 0 spiro atoms. The third-order valence-electron chi connectivity index (χ3n) is 6.29. The fourth-order valence-electron chi connectivity index (χ4n) is 4.31. The first-order valence-electron chi connectivity index (χ1n) is 11.4. The van der Waals surface area contributed by atoms with Crippen LogP contribution in [0.5, 0.6) is 0 Å². The lowest BCUT2D eigenvalue weighted by molar-refractivity contribution is 0.284. The molecule has 1 aliphatic carbocycles. The highest BCUT2D eigenvalue weighted by atomic mass is 35.5. The molecular formula is C24H29Cl2N5O2S. The monoisotopic (exact) mass is 521 g/mol. The van der Waals surface area contributed by atoms with Crippen molar-refractivity contribution in [2.45, 2.75) is 30.6 Å². The smallest absolute Gasteiger partial charge is 0.240 e. The highest BCUT2D eigenvalue weighted by Gasteiger charge is 2.24. The van der Waals surface area contributed by atoms with Crippen LogP contribution in [0.4, 0.5) is 11.8 Å². The Kier molecular flexibility index (Phi) is 7.82. The third-order valence-corrected chi connectivity index (χ3v) is 8.45. The number of anilines is 2. The fourth-order valence-corrected chi connectivity index (χ4v) is 5.81. The Hall–Kier alpha value is -2.13. The molecule has 0 saturated heterocycles. The minimum Gasteiger partial charge on any atom is -0.362 e. The van der Waals surface area contributed by atoms with Crippen LogP contribution in [0.25, 0.3) is 10.9 Å². The van der Waals surface area contributed by atoms with E-state index in [9.17, 15) is 8.42 Å².